The lowest BCUT2D eigenvalue weighted by Crippen LogP contribution is -2.27. The van der Waals surface area contributed by atoms with Gasteiger partial charge in [0.15, 0.2) is 0 Å². The molecular weight excluding hydrogens is 464 g/mol. The summed E-state index contributed by atoms with van der Waals surface area (Å²) in [6.45, 7) is 0.359. The zero-order valence-corrected chi connectivity index (χ0v) is 18.7. The number of carbonyl (C=O) groups is 2. The Morgan fingerprint density at radius 1 is 0.970 bits per heavy atom. The van der Waals surface area contributed by atoms with Crippen molar-refractivity contribution in [1.29, 1.82) is 0 Å². The zero-order chi connectivity index (χ0) is 23.4. The summed E-state index contributed by atoms with van der Waals surface area (Å²) in [5.74, 6) is 0.158. The standard InChI is InChI=1S/C24H17ClN2O5S/c25-19-9-5-17(6-10-19)15-32-21-4-2-1-3-18(21)13-22-23(28)26(24(29)33-22)14-16-7-11-20(12-8-16)27(30)31/h1-13H,14-15H2. The third-order valence-electron chi connectivity index (χ3n) is 4.87. The van der Waals surface area contributed by atoms with Gasteiger partial charge in [0.1, 0.15) is 12.4 Å². The lowest BCUT2D eigenvalue weighted by molar-refractivity contribution is -0.384. The van der Waals surface area contributed by atoms with E-state index in [4.69, 9.17) is 16.3 Å². The number of ether oxygens (including phenoxy) is 1. The minimum atomic E-state index is -0.501. The third-order valence-corrected chi connectivity index (χ3v) is 6.03. The minimum absolute atomic E-state index is 0.0364. The van der Waals surface area contributed by atoms with Gasteiger partial charge in [-0.1, -0.05) is 54.1 Å². The van der Waals surface area contributed by atoms with Gasteiger partial charge in [0.25, 0.3) is 16.8 Å². The molecular formula is C24H17ClN2O5S. The van der Waals surface area contributed by atoms with Gasteiger partial charge in [-0.05, 0) is 47.2 Å². The van der Waals surface area contributed by atoms with Crippen molar-refractivity contribution >= 4 is 46.3 Å². The third kappa shape index (κ3) is 5.42. The average Bonchev–Trinajstić information content (AvgIpc) is 3.07. The van der Waals surface area contributed by atoms with Gasteiger partial charge in [0.05, 0.1) is 16.4 Å². The van der Waals surface area contributed by atoms with Gasteiger partial charge in [-0.15, -0.1) is 0 Å². The first-order chi connectivity index (χ1) is 15.9. The Balaban J connectivity index is 1.49. The number of hydrogen-bond acceptors (Lipinski definition) is 6. The second kappa shape index (κ2) is 9.89. The van der Waals surface area contributed by atoms with E-state index in [1.807, 2.05) is 30.3 Å². The number of imide groups is 1. The summed E-state index contributed by atoms with van der Waals surface area (Å²) in [5, 5.41) is 11.0. The molecule has 0 aromatic heterocycles. The molecule has 1 heterocycles. The van der Waals surface area contributed by atoms with Crippen molar-refractivity contribution in [3.8, 4) is 5.75 Å². The molecule has 33 heavy (non-hydrogen) atoms. The predicted octanol–water partition coefficient (Wildman–Crippen LogP) is 6.06. The molecule has 1 aliphatic rings. The molecule has 0 saturated carbocycles. The Morgan fingerprint density at radius 2 is 1.64 bits per heavy atom. The zero-order valence-electron chi connectivity index (χ0n) is 17.1. The molecule has 1 aliphatic heterocycles. The first kappa shape index (κ1) is 22.6. The van der Waals surface area contributed by atoms with Crippen molar-refractivity contribution in [2.24, 2.45) is 0 Å². The molecule has 0 spiro atoms. The maximum absolute atomic E-state index is 12.9. The number of thioether (sulfide) groups is 1. The molecule has 9 heteroatoms. The second-order valence-corrected chi connectivity index (χ2v) is 8.57. The molecule has 0 N–H and O–H groups in total. The molecule has 0 radical (unpaired) electrons. The number of nitro benzene ring substituents is 1. The SMILES string of the molecule is O=C1SC(=Cc2ccccc2OCc2ccc(Cl)cc2)C(=O)N1Cc1ccc([N+](=O)[O-])cc1. The molecule has 4 rings (SSSR count). The summed E-state index contributed by atoms with van der Waals surface area (Å²) in [7, 11) is 0. The van der Waals surface area contributed by atoms with Crippen LogP contribution in [0.1, 0.15) is 16.7 Å². The molecule has 0 atom stereocenters. The number of hydrogen-bond donors (Lipinski definition) is 0. The molecule has 0 unspecified atom stereocenters. The fraction of sp³-hybridized carbons (Fsp3) is 0.0833. The van der Waals surface area contributed by atoms with Crippen LogP contribution in [0, 0.1) is 10.1 Å². The van der Waals surface area contributed by atoms with E-state index < -0.39 is 16.1 Å². The quantitative estimate of drug-likeness (QED) is 0.232. The van der Waals surface area contributed by atoms with Gasteiger partial charge in [-0.25, -0.2) is 0 Å². The number of nitro groups is 1. The number of benzene rings is 3. The van der Waals surface area contributed by atoms with E-state index in [-0.39, 0.29) is 17.1 Å². The summed E-state index contributed by atoms with van der Waals surface area (Å²) in [6, 6.07) is 20.3. The van der Waals surface area contributed by atoms with Crippen LogP contribution in [0.3, 0.4) is 0 Å². The average molecular weight is 481 g/mol. The van der Waals surface area contributed by atoms with E-state index in [0.717, 1.165) is 22.2 Å². The Kier molecular flexibility index (Phi) is 6.76. The van der Waals surface area contributed by atoms with Crippen molar-refractivity contribution in [2.45, 2.75) is 13.2 Å². The van der Waals surface area contributed by atoms with Crippen LogP contribution in [-0.2, 0) is 17.9 Å². The first-order valence-corrected chi connectivity index (χ1v) is 11.0. The van der Waals surface area contributed by atoms with Crippen molar-refractivity contribution in [2.75, 3.05) is 0 Å². The lowest BCUT2D eigenvalue weighted by Gasteiger charge is -2.12. The van der Waals surface area contributed by atoms with Crippen molar-refractivity contribution < 1.29 is 19.2 Å². The van der Waals surface area contributed by atoms with Gasteiger partial charge in [0, 0.05) is 22.7 Å². The van der Waals surface area contributed by atoms with E-state index in [0.29, 0.717) is 28.5 Å². The smallest absolute Gasteiger partial charge is 0.293 e. The Morgan fingerprint density at radius 3 is 2.33 bits per heavy atom. The minimum Gasteiger partial charge on any atom is -0.488 e. The maximum atomic E-state index is 12.9. The van der Waals surface area contributed by atoms with Crippen molar-refractivity contribution in [3.05, 3.63) is 110 Å². The van der Waals surface area contributed by atoms with Crippen LogP contribution in [0.4, 0.5) is 10.5 Å². The summed E-state index contributed by atoms with van der Waals surface area (Å²) >= 11 is 6.76. The van der Waals surface area contributed by atoms with Crippen LogP contribution in [0.15, 0.2) is 77.7 Å². The van der Waals surface area contributed by atoms with E-state index >= 15 is 0 Å². The summed E-state index contributed by atoms with van der Waals surface area (Å²) < 4.78 is 5.93. The van der Waals surface area contributed by atoms with Crippen LogP contribution in [0.25, 0.3) is 6.08 Å². The van der Waals surface area contributed by atoms with Crippen molar-refractivity contribution in [3.63, 3.8) is 0 Å². The van der Waals surface area contributed by atoms with Gasteiger partial charge < -0.3 is 4.74 Å². The topological polar surface area (TPSA) is 89.8 Å². The maximum Gasteiger partial charge on any atom is 0.293 e. The molecule has 2 amide bonds. The fourth-order valence-corrected chi connectivity index (χ4v) is 4.11. The summed E-state index contributed by atoms with van der Waals surface area (Å²) in [6.07, 6.45) is 1.64. The van der Waals surface area contributed by atoms with E-state index in [9.17, 15) is 19.7 Å². The van der Waals surface area contributed by atoms with Gasteiger partial charge in [0.2, 0.25) is 0 Å². The first-order valence-electron chi connectivity index (χ1n) is 9.86. The van der Waals surface area contributed by atoms with Crippen molar-refractivity contribution in [1.82, 2.24) is 4.90 Å². The number of amides is 2. The Labute approximate surface area is 198 Å². The van der Waals surface area contributed by atoms with Crippen LogP contribution in [-0.4, -0.2) is 21.0 Å². The number of non-ortho nitro benzene ring substituents is 1. The normalized spacial score (nSPS) is 14.7. The highest BCUT2D eigenvalue weighted by molar-refractivity contribution is 8.18. The van der Waals surface area contributed by atoms with Gasteiger partial charge in [-0.3, -0.25) is 24.6 Å². The molecule has 0 bridgehead atoms. The van der Waals surface area contributed by atoms with Crippen LogP contribution < -0.4 is 4.74 Å². The lowest BCUT2D eigenvalue weighted by atomic mass is 10.1. The highest BCUT2D eigenvalue weighted by atomic mass is 35.5. The Hall–Kier alpha value is -3.62. The Bertz CT molecular complexity index is 1240. The van der Waals surface area contributed by atoms with Crippen LogP contribution in [0.5, 0.6) is 5.75 Å². The van der Waals surface area contributed by atoms with Gasteiger partial charge >= 0.3 is 0 Å². The number of carbonyl (C=O) groups excluding carboxylic acids is 2. The second-order valence-electron chi connectivity index (χ2n) is 7.14. The van der Waals surface area contributed by atoms with E-state index in [1.165, 1.54) is 24.3 Å². The van der Waals surface area contributed by atoms with Crippen LogP contribution in [0.2, 0.25) is 5.02 Å². The van der Waals surface area contributed by atoms with E-state index in [1.54, 1.807) is 24.3 Å². The number of rotatable bonds is 7. The molecule has 1 fully saturated rings. The highest BCUT2D eigenvalue weighted by Gasteiger charge is 2.35. The number of nitrogens with zero attached hydrogens (tertiary/aromatic N) is 2. The predicted molar refractivity (Wildman–Crippen MR) is 127 cm³/mol. The number of para-hydroxylation sites is 1. The molecule has 7 nitrogen and oxygen atoms in total. The van der Waals surface area contributed by atoms with Crippen LogP contribution >= 0.6 is 23.4 Å². The molecule has 3 aromatic rings. The van der Waals surface area contributed by atoms with E-state index in [2.05, 4.69) is 0 Å². The highest BCUT2D eigenvalue weighted by Crippen LogP contribution is 2.35. The largest absolute Gasteiger partial charge is 0.488 e. The molecule has 0 aliphatic carbocycles. The number of halogens is 1. The molecule has 3 aromatic carbocycles. The van der Waals surface area contributed by atoms with Gasteiger partial charge in [-0.2, -0.15) is 0 Å². The monoisotopic (exact) mass is 480 g/mol. The molecule has 1 saturated heterocycles. The summed E-state index contributed by atoms with van der Waals surface area (Å²) in [5.41, 5.74) is 2.18. The summed E-state index contributed by atoms with van der Waals surface area (Å²) in [4.78, 5) is 37.0. The molecule has 166 valence electrons. The fourth-order valence-electron chi connectivity index (χ4n) is 3.16.